The van der Waals surface area contributed by atoms with Crippen LogP contribution in [0.3, 0.4) is 0 Å². The van der Waals surface area contributed by atoms with Crippen molar-refractivity contribution < 1.29 is 4.79 Å². The van der Waals surface area contributed by atoms with Gasteiger partial charge >= 0.3 is 0 Å². The maximum absolute atomic E-state index is 12.7. The molecule has 1 atom stereocenters. The lowest BCUT2D eigenvalue weighted by atomic mass is 9.99. The fraction of sp³-hybridized carbons (Fsp3) is 0.667. The quantitative estimate of drug-likeness (QED) is 0.924. The Hall–Kier alpha value is -1.62. The Balaban J connectivity index is 1.66. The number of anilines is 1. The van der Waals surface area contributed by atoms with E-state index in [0.29, 0.717) is 11.6 Å². The van der Waals surface area contributed by atoms with Gasteiger partial charge in [0.05, 0.1) is 5.56 Å². The Kier molecular flexibility index (Phi) is 5.16. The molecule has 23 heavy (non-hydrogen) atoms. The van der Waals surface area contributed by atoms with Crippen LogP contribution in [0.4, 0.5) is 5.82 Å². The first-order valence-electron chi connectivity index (χ1n) is 8.85. The Morgan fingerprint density at radius 2 is 2.04 bits per heavy atom. The number of hydrogen-bond acceptors (Lipinski definition) is 4. The molecular formula is C18H28N4O. The molecule has 1 aromatic rings. The average Bonchev–Trinajstić information content (AvgIpc) is 3.04. The summed E-state index contributed by atoms with van der Waals surface area (Å²) in [5, 5.41) is 3.19. The van der Waals surface area contributed by atoms with Gasteiger partial charge in [0, 0.05) is 38.4 Å². The summed E-state index contributed by atoms with van der Waals surface area (Å²) in [6, 6.07) is 4.26. The second-order valence-corrected chi connectivity index (χ2v) is 6.93. The Labute approximate surface area is 139 Å². The van der Waals surface area contributed by atoms with Crippen molar-refractivity contribution in [3.63, 3.8) is 0 Å². The van der Waals surface area contributed by atoms with Gasteiger partial charge in [0.15, 0.2) is 0 Å². The molecular weight excluding hydrogens is 288 g/mol. The Morgan fingerprint density at radius 1 is 1.26 bits per heavy atom. The molecule has 0 spiro atoms. The van der Waals surface area contributed by atoms with E-state index in [1.54, 1.807) is 6.20 Å². The predicted octanol–water partition coefficient (Wildman–Crippen LogP) is 2.14. The van der Waals surface area contributed by atoms with Gasteiger partial charge in [-0.1, -0.05) is 6.92 Å². The van der Waals surface area contributed by atoms with E-state index < -0.39 is 0 Å². The van der Waals surface area contributed by atoms with Crippen molar-refractivity contribution in [1.82, 2.24) is 15.2 Å². The molecule has 5 nitrogen and oxygen atoms in total. The van der Waals surface area contributed by atoms with E-state index in [1.165, 1.54) is 12.8 Å². The second-order valence-electron chi connectivity index (χ2n) is 6.93. The number of nitrogens with zero attached hydrogens (tertiary/aromatic N) is 3. The lowest BCUT2D eigenvalue weighted by molar-refractivity contribution is 0.0736. The predicted molar refractivity (Wildman–Crippen MR) is 92.8 cm³/mol. The highest BCUT2D eigenvalue weighted by atomic mass is 16.2. The Morgan fingerprint density at radius 3 is 2.70 bits per heavy atom. The zero-order valence-electron chi connectivity index (χ0n) is 14.3. The normalized spacial score (nSPS) is 22.6. The number of pyridine rings is 1. The molecule has 2 aliphatic rings. The highest BCUT2D eigenvalue weighted by molar-refractivity contribution is 5.94. The topological polar surface area (TPSA) is 48.5 Å². The fourth-order valence-electron chi connectivity index (χ4n) is 3.65. The molecule has 5 heteroatoms. The van der Waals surface area contributed by atoms with Gasteiger partial charge in [-0.2, -0.15) is 0 Å². The third kappa shape index (κ3) is 3.66. The molecule has 2 fully saturated rings. The summed E-state index contributed by atoms with van der Waals surface area (Å²) in [4.78, 5) is 21.6. The van der Waals surface area contributed by atoms with E-state index in [-0.39, 0.29) is 5.91 Å². The van der Waals surface area contributed by atoms with Crippen LogP contribution in [0.1, 0.15) is 43.0 Å². The van der Waals surface area contributed by atoms with Crippen LogP contribution < -0.4 is 10.2 Å². The molecule has 3 heterocycles. The monoisotopic (exact) mass is 316 g/mol. The van der Waals surface area contributed by atoms with E-state index in [2.05, 4.69) is 22.1 Å². The number of carbonyl (C=O) groups is 1. The summed E-state index contributed by atoms with van der Waals surface area (Å²) in [7, 11) is 1.94. The lowest BCUT2D eigenvalue weighted by Crippen LogP contribution is -2.40. The minimum Gasteiger partial charge on any atom is -0.357 e. The first-order chi connectivity index (χ1) is 11.2. The summed E-state index contributed by atoms with van der Waals surface area (Å²) in [6.07, 6.45) is 6.38. The third-order valence-corrected chi connectivity index (χ3v) is 5.18. The molecule has 0 aliphatic carbocycles. The highest BCUT2D eigenvalue weighted by Gasteiger charge is 2.29. The molecule has 0 radical (unpaired) electrons. The first-order valence-corrected chi connectivity index (χ1v) is 8.85. The van der Waals surface area contributed by atoms with E-state index in [4.69, 9.17) is 0 Å². The molecule has 1 amide bonds. The largest absolute Gasteiger partial charge is 0.357 e. The minimum atomic E-state index is 0.120. The van der Waals surface area contributed by atoms with Crippen molar-refractivity contribution >= 4 is 11.7 Å². The molecule has 0 saturated carbocycles. The SMILES string of the molecule is CNCC1CCCN1C(=O)c1ccc(N2CCC(C)CC2)nc1. The molecule has 2 saturated heterocycles. The van der Waals surface area contributed by atoms with Crippen LogP contribution in [0.25, 0.3) is 0 Å². The number of hydrogen-bond donors (Lipinski definition) is 1. The number of nitrogens with one attached hydrogen (secondary N) is 1. The number of rotatable bonds is 4. The zero-order valence-corrected chi connectivity index (χ0v) is 14.3. The third-order valence-electron chi connectivity index (χ3n) is 5.18. The fourth-order valence-corrected chi connectivity index (χ4v) is 3.65. The van der Waals surface area contributed by atoms with Gasteiger partial charge in [0.25, 0.3) is 5.91 Å². The number of likely N-dealkylation sites (N-methyl/N-ethyl adjacent to an activating group) is 1. The van der Waals surface area contributed by atoms with Gasteiger partial charge in [-0.3, -0.25) is 4.79 Å². The van der Waals surface area contributed by atoms with Crippen LogP contribution >= 0.6 is 0 Å². The van der Waals surface area contributed by atoms with Gasteiger partial charge in [-0.15, -0.1) is 0 Å². The molecule has 2 aliphatic heterocycles. The number of piperidine rings is 1. The standard InChI is InChI=1S/C18H28N4O/c1-14-7-10-21(11-8-14)17-6-5-15(12-20-17)18(23)22-9-3-4-16(22)13-19-2/h5-6,12,14,16,19H,3-4,7-11,13H2,1-2H3. The Bertz CT molecular complexity index is 522. The van der Waals surface area contributed by atoms with Gasteiger partial charge < -0.3 is 15.1 Å². The van der Waals surface area contributed by atoms with Crippen molar-refractivity contribution in [1.29, 1.82) is 0 Å². The molecule has 1 aromatic heterocycles. The average molecular weight is 316 g/mol. The van der Waals surface area contributed by atoms with E-state index in [1.807, 2.05) is 24.1 Å². The summed E-state index contributed by atoms with van der Waals surface area (Å²) in [5.41, 5.74) is 0.710. The number of amides is 1. The summed E-state index contributed by atoms with van der Waals surface area (Å²) >= 11 is 0. The van der Waals surface area contributed by atoms with Crippen LogP contribution in [0.15, 0.2) is 18.3 Å². The van der Waals surface area contributed by atoms with E-state index >= 15 is 0 Å². The smallest absolute Gasteiger partial charge is 0.255 e. The zero-order chi connectivity index (χ0) is 16.2. The van der Waals surface area contributed by atoms with Crippen LogP contribution in [-0.2, 0) is 0 Å². The maximum Gasteiger partial charge on any atom is 0.255 e. The van der Waals surface area contributed by atoms with Gasteiger partial charge in [-0.25, -0.2) is 4.98 Å². The van der Waals surface area contributed by atoms with Gasteiger partial charge in [-0.05, 0) is 50.8 Å². The van der Waals surface area contributed by atoms with E-state index in [0.717, 1.165) is 50.8 Å². The van der Waals surface area contributed by atoms with Crippen LogP contribution in [0.5, 0.6) is 0 Å². The maximum atomic E-state index is 12.7. The van der Waals surface area contributed by atoms with Crippen molar-refractivity contribution in [2.75, 3.05) is 38.1 Å². The van der Waals surface area contributed by atoms with Crippen molar-refractivity contribution in [3.8, 4) is 0 Å². The summed E-state index contributed by atoms with van der Waals surface area (Å²) in [5.74, 6) is 1.93. The molecule has 3 rings (SSSR count). The van der Waals surface area contributed by atoms with Crippen molar-refractivity contribution in [2.24, 2.45) is 5.92 Å². The van der Waals surface area contributed by atoms with Gasteiger partial charge in [0.1, 0.15) is 5.82 Å². The van der Waals surface area contributed by atoms with Crippen LogP contribution in [-0.4, -0.2) is 55.1 Å². The number of carbonyl (C=O) groups excluding carboxylic acids is 1. The van der Waals surface area contributed by atoms with Crippen LogP contribution in [0, 0.1) is 5.92 Å². The molecule has 126 valence electrons. The van der Waals surface area contributed by atoms with Crippen molar-refractivity contribution in [3.05, 3.63) is 23.9 Å². The minimum absolute atomic E-state index is 0.120. The van der Waals surface area contributed by atoms with Crippen LogP contribution in [0.2, 0.25) is 0 Å². The molecule has 0 bridgehead atoms. The molecule has 1 unspecified atom stereocenters. The summed E-state index contributed by atoms with van der Waals surface area (Å²) in [6.45, 7) is 6.17. The molecule has 0 aromatic carbocycles. The molecule has 1 N–H and O–H groups in total. The number of aromatic nitrogens is 1. The van der Waals surface area contributed by atoms with Gasteiger partial charge in [0.2, 0.25) is 0 Å². The number of likely N-dealkylation sites (tertiary alicyclic amines) is 1. The first kappa shape index (κ1) is 16.2. The van der Waals surface area contributed by atoms with Crippen molar-refractivity contribution in [2.45, 2.75) is 38.6 Å². The lowest BCUT2D eigenvalue weighted by Gasteiger charge is -2.31. The second kappa shape index (κ2) is 7.30. The summed E-state index contributed by atoms with van der Waals surface area (Å²) < 4.78 is 0. The van der Waals surface area contributed by atoms with E-state index in [9.17, 15) is 4.79 Å². The highest BCUT2D eigenvalue weighted by Crippen LogP contribution is 2.23.